The van der Waals surface area contributed by atoms with Gasteiger partial charge in [0.25, 0.3) is 0 Å². The van der Waals surface area contributed by atoms with Crippen LogP contribution in [0.25, 0.3) is 83.2 Å². The van der Waals surface area contributed by atoms with Crippen molar-refractivity contribution in [3.05, 3.63) is 128 Å². The highest BCUT2D eigenvalue weighted by molar-refractivity contribution is 6.19. The fraction of sp³-hybridized carbons (Fsp3) is 0. The molecular formula is C36H21N3O2. The van der Waals surface area contributed by atoms with Crippen molar-refractivity contribution in [1.82, 2.24) is 14.5 Å². The third-order valence-corrected chi connectivity index (χ3v) is 7.89. The molecule has 0 amide bonds. The van der Waals surface area contributed by atoms with Gasteiger partial charge >= 0.3 is 0 Å². The first-order chi connectivity index (χ1) is 20.3. The molecule has 5 heteroatoms. The van der Waals surface area contributed by atoms with E-state index in [-0.39, 0.29) is 0 Å². The fourth-order valence-electron chi connectivity index (χ4n) is 5.92. The van der Waals surface area contributed by atoms with E-state index in [4.69, 9.17) is 18.8 Å². The maximum Gasteiger partial charge on any atom is 0.178 e. The number of rotatable bonds is 3. The maximum atomic E-state index is 6.33. The molecule has 0 radical (unpaired) electrons. The molecule has 4 aromatic heterocycles. The molecule has 0 spiro atoms. The van der Waals surface area contributed by atoms with Crippen molar-refractivity contribution in [3.8, 4) is 28.3 Å². The second kappa shape index (κ2) is 8.41. The first-order valence-corrected chi connectivity index (χ1v) is 13.6. The molecule has 0 aliphatic carbocycles. The van der Waals surface area contributed by atoms with Gasteiger partial charge in [0.1, 0.15) is 22.8 Å². The maximum absolute atomic E-state index is 6.33. The molecule has 9 rings (SSSR count). The molecule has 5 nitrogen and oxygen atoms in total. The zero-order chi connectivity index (χ0) is 26.9. The molecule has 0 aliphatic rings. The van der Waals surface area contributed by atoms with Gasteiger partial charge < -0.3 is 8.83 Å². The number of nitrogens with zero attached hydrogens (tertiary/aromatic N) is 3. The molecule has 0 atom stereocenters. The number of pyridine rings is 1. The van der Waals surface area contributed by atoms with Crippen LogP contribution in [0.2, 0.25) is 0 Å². The summed E-state index contributed by atoms with van der Waals surface area (Å²) in [5.41, 5.74) is 8.37. The molecule has 5 aromatic carbocycles. The zero-order valence-corrected chi connectivity index (χ0v) is 21.8. The Morgan fingerprint density at radius 3 is 2.05 bits per heavy atom. The Hall–Kier alpha value is -5.68. The summed E-state index contributed by atoms with van der Waals surface area (Å²) in [7, 11) is 0. The Balaban J connectivity index is 1.16. The van der Waals surface area contributed by atoms with Gasteiger partial charge in [0.15, 0.2) is 11.2 Å². The molecule has 0 saturated heterocycles. The van der Waals surface area contributed by atoms with Crippen molar-refractivity contribution in [2.75, 3.05) is 0 Å². The molecule has 41 heavy (non-hydrogen) atoms. The van der Waals surface area contributed by atoms with E-state index < -0.39 is 0 Å². The molecule has 0 fully saturated rings. The van der Waals surface area contributed by atoms with Gasteiger partial charge in [0.05, 0.1) is 11.0 Å². The van der Waals surface area contributed by atoms with Gasteiger partial charge in [-0.3, -0.25) is 4.57 Å². The van der Waals surface area contributed by atoms with E-state index in [0.717, 1.165) is 83.2 Å². The van der Waals surface area contributed by atoms with Crippen LogP contribution in [0.15, 0.2) is 136 Å². The number of fused-ring (bicyclic) bond motifs is 8. The lowest BCUT2D eigenvalue weighted by Gasteiger charge is -2.10. The Labute approximate surface area is 233 Å². The summed E-state index contributed by atoms with van der Waals surface area (Å²) in [6, 6.07) is 41.2. The number of imidazole rings is 1. The van der Waals surface area contributed by atoms with Crippen LogP contribution in [-0.2, 0) is 0 Å². The van der Waals surface area contributed by atoms with Crippen LogP contribution < -0.4 is 0 Å². The van der Waals surface area contributed by atoms with Crippen LogP contribution in [0.4, 0.5) is 0 Å². The third-order valence-electron chi connectivity index (χ3n) is 7.89. The molecule has 0 N–H and O–H groups in total. The molecular weight excluding hydrogens is 506 g/mol. The van der Waals surface area contributed by atoms with Crippen LogP contribution in [0.5, 0.6) is 0 Å². The number of hydrogen-bond acceptors (Lipinski definition) is 4. The van der Waals surface area contributed by atoms with Gasteiger partial charge in [0.2, 0.25) is 0 Å². The number of aromatic nitrogens is 3. The average Bonchev–Trinajstić information content (AvgIpc) is 3.72. The smallest absolute Gasteiger partial charge is 0.178 e. The van der Waals surface area contributed by atoms with Gasteiger partial charge in [-0.15, -0.1) is 0 Å². The van der Waals surface area contributed by atoms with Crippen LogP contribution in [0.3, 0.4) is 0 Å². The molecule has 0 saturated carbocycles. The van der Waals surface area contributed by atoms with Crippen molar-refractivity contribution in [1.29, 1.82) is 0 Å². The highest BCUT2D eigenvalue weighted by Gasteiger charge is 2.17. The van der Waals surface area contributed by atoms with E-state index in [1.165, 1.54) is 0 Å². The van der Waals surface area contributed by atoms with E-state index >= 15 is 0 Å². The predicted molar refractivity (Wildman–Crippen MR) is 164 cm³/mol. The van der Waals surface area contributed by atoms with E-state index in [1.807, 2.05) is 66.9 Å². The Morgan fingerprint density at radius 1 is 0.512 bits per heavy atom. The molecule has 9 aromatic rings. The van der Waals surface area contributed by atoms with Gasteiger partial charge in [0, 0.05) is 38.9 Å². The SMILES string of the molecule is c1ccc(-c2nc3ccccc3n2-c2ccc(-c3ccc4oc5c(ccc6c7ccccc7oc65)c4c3)cn2)cc1. The summed E-state index contributed by atoms with van der Waals surface area (Å²) in [5, 5.41) is 4.25. The normalized spacial score (nSPS) is 11.9. The van der Waals surface area contributed by atoms with Crippen molar-refractivity contribution >= 4 is 54.9 Å². The minimum Gasteiger partial charge on any atom is -0.452 e. The summed E-state index contributed by atoms with van der Waals surface area (Å²) in [6.45, 7) is 0. The van der Waals surface area contributed by atoms with E-state index in [2.05, 4.69) is 65.2 Å². The lowest BCUT2D eigenvalue weighted by Crippen LogP contribution is -2.00. The van der Waals surface area contributed by atoms with Crippen molar-refractivity contribution in [3.63, 3.8) is 0 Å². The molecule has 0 aliphatic heterocycles. The highest BCUT2D eigenvalue weighted by Crippen LogP contribution is 2.39. The van der Waals surface area contributed by atoms with Gasteiger partial charge in [-0.05, 0) is 60.2 Å². The molecule has 0 bridgehead atoms. The molecule has 192 valence electrons. The number of hydrogen-bond donors (Lipinski definition) is 0. The van der Waals surface area contributed by atoms with E-state index in [0.29, 0.717) is 0 Å². The summed E-state index contributed by atoms with van der Waals surface area (Å²) in [5.74, 6) is 1.69. The monoisotopic (exact) mass is 527 g/mol. The zero-order valence-electron chi connectivity index (χ0n) is 21.8. The van der Waals surface area contributed by atoms with Crippen molar-refractivity contribution in [2.45, 2.75) is 0 Å². The van der Waals surface area contributed by atoms with Gasteiger partial charge in [-0.2, -0.15) is 0 Å². The minimum absolute atomic E-state index is 0.778. The molecule has 0 unspecified atom stereocenters. The summed E-state index contributed by atoms with van der Waals surface area (Å²) < 4.78 is 14.7. The van der Waals surface area contributed by atoms with Crippen LogP contribution in [0.1, 0.15) is 0 Å². The fourth-order valence-corrected chi connectivity index (χ4v) is 5.92. The Morgan fingerprint density at radius 2 is 1.22 bits per heavy atom. The first-order valence-electron chi connectivity index (χ1n) is 13.6. The highest BCUT2D eigenvalue weighted by atomic mass is 16.4. The predicted octanol–water partition coefficient (Wildman–Crippen LogP) is 9.55. The largest absolute Gasteiger partial charge is 0.452 e. The number of para-hydroxylation sites is 3. The van der Waals surface area contributed by atoms with Gasteiger partial charge in [-0.1, -0.05) is 66.7 Å². The summed E-state index contributed by atoms with van der Waals surface area (Å²) in [6.07, 6.45) is 1.93. The summed E-state index contributed by atoms with van der Waals surface area (Å²) in [4.78, 5) is 9.85. The average molecular weight is 528 g/mol. The van der Waals surface area contributed by atoms with Crippen molar-refractivity contribution < 1.29 is 8.83 Å². The van der Waals surface area contributed by atoms with E-state index in [9.17, 15) is 0 Å². The summed E-state index contributed by atoms with van der Waals surface area (Å²) >= 11 is 0. The topological polar surface area (TPSA) is 57.0 Å². The second-order valence-electron chi connectivity index (χ2n) is 10.3. The second-order valence-corrected chi connectivity index (χ2v) is 10.3. The number of benzene rings is 5. The van der Waals surface area contributed by atoms with Gasteiger partial charge in [-0.25, -0.2) is 9.97 Å². The lowest BCUT2D eigenvalue weighted by molar-refractivity contribution is 0.633. The Kier molecular flexibility index (Phi) is 4.55. The van der Waals surface area contributed by atoms with Crippen molar-refractivity contribution in [2.24, 2.45) is 0 Å². The quantitative estimate of drug-likeness (QED) is 0.230. The third kappa shape index (κ3) is 3.29. The lowest BCUT2D eigenvalue weighted by atomic mass is 10.0. The van der Waals surface area contributed by atoms with Crippen LogP contribution in [0, 0.1) is 0 Å². The Bertz CT molecular complexity index is 2410. The molecule has 4 heterocycles. The van der Waals surface area contributed by atoms with E-state index in [1.54, 1.807) is 0 Å². The number of furan rings is 2. The standard InChI is InChI=1S/C36H21N3O2/c1-2-8-22(9-3-1)36-38-29-11-5-6-12-30(29)39(36)33-19-15-24(21-37-33)23-14-18-32-28(20-23)27-17-16-26-25-10-4-7-13-31(25)40-34(26)35(27)41-32/h1-21H. The van der Waals surface area contributed by atoms with Crippen LogP contribution in [-0.4, -0.2) is 14.5 Å². The first kappa shape index (κ1) is 22.2. The minimum atomic E-state index is 0.778. The van der Waals surface area contributed by atoms with Crippen LogP contribution >= 0.6 is 0 Å².